The Balaban J connectivity index is 0.820. The summed E-state index contributed by atoms with van der Waals surface area (Å²) >= 11 is 0. The molecule has 3 amide bonds. The lowest BCUT2D eigenvalue weighted by Gasteiger charge is -2.57. The largest absolute Gasteiger partial charge is 0.490 e. The van der Waals surface area contributed by atoms with Crippen molar-refractivity contribution in [2.75, 3.05) is 39.3 Å². The van der Waals surface area contributed by atoms with E-state index >= 15 is 0 Å². The minimum absolute atomic E-state index is 0.0440. The normalized spacial score (nSPS) is 26.8. The van der Waals surface area contributed by atoms with E-state index in [1.807, 2.05) is 25.7 Å². The summed E-state index contributed by atoms with van der Waals surface area (Å²) in [5, 5.41) is 11.7. The van der Waals surface area contributed by atoms with Gasteiger partial charge < -0.3 is 24.5 Å². The second-order valence-electron chi connectivity index (χ2n) is 17.8. The van der Waals surface area contributed by atoms with Crippen molar-refractivity contribution in [1.82, 2.24) is 18.7 Å². The first-order chi connectivity index (χ1) is 25.9. The smallest absolute Gasteiger partial charge is 0.320 e. The summed E-state index contributed by atoms with van der Waals surface area (Å²) in [4.78, 5) is 33.8. The average molecular weight is 759 g/mol. The molecule has 0 radical (unpaired) electrons. The minimum atomic E-state index is -3.81. The van der Waals surface area contributed by atoms with E-state index in [2.05, 4.69) is 4.90 Å². The molecule has 9 rings (SSSR count). The van der Waals surface area contributed by atoms with Crippen molar-refractivity contribution in [3.8, 4) is 5.75 Å². The van der Waals surface area contributed by atoms with Crippen LogP contribution in [0.15, 0.2) is 59.6 Å². The predicted molar refractivity (Wildman–Crippen MR) is 209 cm³/mol. The van der Waals surface area contributed by atoms with Gasteiger partial charge in [-0.1, -0.05) is 23.8 Å². The highest BCUT2D eigenvalue weighted by Crippen LogP contribution is 2.60. The Morgan fingerprint density at radius 3 is 2.00 bits per heavy atom. The van der Waals surface area contributed by atoms with Gasteiger partial charge in [-0.2, -0.15) is 0 Å². The summed E-state index contributed by atoms with van der Waals surface area (Å²) in [7, 11) is -3.81. The maximum atomic E-state index is 13.9. The summed E-state index contributed by atoms with van der Waals surface area (Å²) in [6.07, 6.45) is 12.2. The van der Waals surface area contributed by atoms with Gasteiger partial charge in [0.25, 0.3) is 10.0 Å². The van der Waals surface area contributed by atoms with Crippen LogP contribution in [0.5, 0.6) is 5.75 Å². The van der Waals surface area contributed by atoms with Crippen LogP contribution in [-0.4, -0.2) is 95.6 Å². The second kappa shape index (κ2) is 14.8. The molecule has 4 bridgehead atoms. The molecule has 6 aliphatic rings. The number of aromatic nitrogens is 1. The van der Waals surface area contributed by atoms with E-state index in [0.717, 1.165) is 81.4 Å². The summed E-state index contributed by atoms with van der Waals surface area (Å²) in [6.45, 7) is 9.12. The van der Waals surface area contributed by atoms with Gasteiger partial charge in [0.15, 0.2) is 0 Å². The quantitative estimate of drug-likeness (QED) is 0.240. The van der Waals surface area contributed by atoms with E-state index in [4.69, 9.17) is 4.74 Å². The first-order valence-electron chi connectivity index (χ1n) is 20.5. The molecule has 2 aliphatic heterocycles. The van der Waals surface area contributed by atoms with Gasteiger partial charge in [-0.3, -0.25) is 4.79 Å². The first-order valence-corrected chi connectivity index (χ1v) is 21.9. The lowest BCUT2D eigenvalue weighted by molar-refractivity contribution is -0.159. The molecule has 1 atom stereocenters. The molecular weight excluding hydrogens is 701 g/mol. The predicted octanol–water partition coefficient (Wildman–Crippen LogP) is 6.92. The van der Waals surface area contributed by atoms with Crippen molar-refractivity contribution in [2.24, 2.45) is 35.0 Å². The molecule has 1 N–H and O–H groups in total. The average Bonchev–Trinajstić information content (AvgIpc) is 3.61. The maximum absolute atomic E-state index is 13.9. The number of nitrogens with zero attached hydrogens (tertiary/aromatic N) is 4. The number of benzene rings is 2. The molecule has 3 aromatic rings. The van der Waals surface area contributed by atoms with Crippen LogP contribution >= 0.6 is 0 Å². The number of urea groups is 1. The van der Waals surface area contributed by atoms with Crippen LogP contribution in [0.25, 0.3) is 10.9 Å². The monoisotopic (exact) mass is 758 g/mol. The highest BCUT2D eigenvalue weighted by molar-refractivity contribution is 7.90. The molecule has 4 saturated carbocycles. The number of aliphatic hydroxyl groups excluding tert-OH is 1. The Morgan fingerprint density at radius 2 is 1.43 bits per heavy atom. The summed E-state index contributed by atoms with van der Waals surface area (Å²) in [5.74, 6) is 4.48. The number of fused-ring (bicyclic) bond motifs is 1. The van der Waals surface area contributed by atoms with Crippen molar-refractivity contribution in [1.29, 1.82) is 0 Å². The first kappa shape index (κ1) is 37.4. The maximum Gasteiger partial charge on any atom is 0.320 e. The van der Waals surface area contributed by atoms with Crippen LogP contribution in [0.3, 0.4) is 0 Å². The summed E-state index contributed by atoms with van der Waals surface area (Å²) < 4.78 is 34.2. The van der Waals surface area contributed by atoms with Gasteiger partial charge in [-0.15, -0.1) is 0 Å². The highest BCUT2D eigenvalue weighted by atomic mass is 32.2. The summed E-state index contributed by atoms with van der Waals surface area (Å²) in [6, 6.07) is 13.6. The molecule has 4 aliphatic carbocycles. The van der Waals surface area contributed by atoms with Crippen LogP contribution in [0.2, 0.25) is 0 Å². The van der Waals surface area contributed by atoms with Gasteiger partial charge in [0, 0.05) is 43.8 Å². The van der Waals surface area contributed by atoms with Crippen LogP contribution in [0.1, 0.15) is 83.6 Å². The number of carbonyl (C=O) groups excluding carboxylic acids is 2. The molecule has 292 valence electrons. The molecule has 1 aromatic heterocycles. The number of rotatable bonds is 10. The number of likely N-dealkylation sites (tertiary alicyclic amines) is 2. The fraction of sp³-hybridized carbons (Fsp3) is 0.628. The molecule has 3 heterocycles. The van der Waals surface area contributed by atoms with Crippen molar-refractivity contribution >= 4 is 32.9 Å². The molecule has 10 nitrogen and oxygen atoms in total. The number of piperidine rings is 2. The molecule has 2 saturated heterocycles. The standard InChI is InChI=1S/C43H58N4O6S/c1-29(2)46(27-36(48)28-53-40-6-4-5-39-38(40)15-20-47(39)54(51,52)37-9-7-30(3)8-10-37)42(50)45-18-13-35(14-19-45)34-11-16-44(17-12-34)41(49)43-24-31-21-32(25-43)23-33(22-31)26-43/h4-10,15,20,29,31-36,48H,11-14,16-19,21-28H2,1-3H3. The lowest BCUT2D eigenvalue weighted by atomic mass is 9.49. The third kappa shape index (κ3) is 7.15. The van der Waals surface area contributed by atoms with E-state index < -0.39 is 16.1 Å². The molecule has 2 aromatic carbocycles. The molecule has 0 spiro atoms. The van der Waals surface area contributed by atoms with E-state index in [1.165, 1.54) is 29.4 Å². The number of hydrogen-bond donors (Lipinski definition) is 1. The van der Waals surface area contributed by atoms with Crippen LogP contribution in [0, 0.1) is 41.9 Å². The van der Waals surface area contributed by atoms with E-state index in [0.29, 0.717) is 47.5 Å². The number of carbonyl (C=O) groups is 2. The van der Waals surface area contributed by atoms with Gasteiger partial charge in [-0.25, -0.2) is 17.2 Å². The van der Waals surface area contributed by atoms with Crippen LogP contribution in [-0.2, 0) is 14.8 Å². The Hall–Kier alpha value is -3.57. The van der Waals surface area contributed by atoms with Crippen molar-refractivity contribution in [3.05, 3.63) is 60.3 Å². The Labute approximate surface area is 320 Å². The summed E-state index contributed by atoms with van der Waals surface area (Å²) in [5.41, 5.74) is 1.41. The van der Waals surface area contributed by atoms with E-state index in [9.17, 15) is 23.1 Å². The van der Waals surface area contributed by atoms with Crippen LogP contribution < -0.4 is 4.74 Å². The fourth-order valence-corrected chi connectivity index (χ4v) is 12.6. The van der Waals surface area contributed by atoms with Gasteiger partial charge in [0.1, 0.15) is 18.5 Å². The van der Waals surface area contributed by atoms with Gasteiger partial charge in [0.2, 0.25) is 5.91 Å². The number of ether oxygens (including phenoxy) is 1. The molecule has 54 heavy (non-hydrogen) atoms. The zero-order valence-corrected chi connectivity index (χ0v) is 33.1. The minimum Gasteiger partial charge on any atom is -0.490 e. The SMILES string of the molecule is Cc1ccc(S(=O)(=O)n2ccc3c(OCC(O)CN(C(=O)N4CCC(C5CCN(C(=O)C67CC8CC(CC(C8)C6)C7)CC5)CC4)C(C)C)cccc32)cc1. The number of amides is 3. The topological polar surface area (TPSA) is 112 Å². The third-order valence-corrected chi connectivity index (χ3v) is 15.4. The van der Waals surface area contributed by atoms with Crippen molar-refractivity contribution in [2.45, 2.75) is 102 Å². The molecular formula is C43H58N4O6S. The number of aliphatic hydroxyl groups is 1. The van der Waals surface area contributed by atoms with E-state index in [1.54, 1.807) is 53.4 Å². The Bertz CT molecular complexity index is 1910. The van der Waals surface area contributed by atoms with Gasteiger partial charge in [-0.05, 0) is 145 Å². The highest BCUT2D eigenvalue weighted by Gasteiger charge is 2.55. The Kier molecular flexibility index (Phi) is 10.3. The van der Waals surface area contributed by atoms with E-state index in [-0.39, 0.29) is 35.5 Å². The van der Waals surface area contributed by atoms with Crippen LogP contribution in [0.4, 0.5) is 4.79 Å². The fourth-order valence-electron chi connectivity index (χ4n) is 11.3. The van der Waals surface area contributed by atoms with Gasteiger partial charge >= 0.3 is 6.03 Å². The lowest BCUT2D eigenvalue weighted by Crippen LogP contribution is -2.56. The van der Waals surface area contributed by atoms with Crippen molar-refractivity contribution < 1.29 is 27.9 Å². The van der Waals surface area contributed by atoms with Gasteiger partial charge in [0.05, 0.1) is 22.4 Å². The molecule has 6 fully saturated rings. The zero-order valence-electron chi connectivity index (χ0n) is 32.2. The number of aryl methyl sites for hydroxylation is 1. The van der Waals surface area contributed by atoms with Crippen molar-refractivity contribution in [3.63, 3.8) is 0 Å². The second-order valence-corrected chi connectivity index (χ2v) is 19.6. The number of hydrogen-bond acceptors (Lipinski definition) is 6. The Morgan fingerprint density at radius 1 is 0.852 bits per heavy atom. The zero-order chi connectivity index (χ0) is 37.8. The molecule has 11 heteroatoms. The third-order valence-electron chi connectivity index (χ3n) is 13.7. The molecule has 1 unspecified atom stereocenters.